The molecule has 1 N–H and O–H groups in total. The third kappa shape index (κ3) is 4.59. The van der Waals surface area contributed by atoms with Gasteiger partial charge in [-0.25, -0.2) is 0 Å². The zero-order chi connectivity index (χ0) is 13.7. The maximum absolute atomic E-state index is 10.3. The van der Waals surface area contributed by atoms with Gasteiger partial charge >= 0.3 is 0 Å². The molecule has 1 heterocycles. The smallest absolute Gasteiger partial charge is 0.0813 e. The zero-order valence-electron chi connectivity index (χ0n) is 11.7. The molecular weight excluding hydrogens is 302 g/mol. The number of halogens is 1. The van der Waals surface area contributed by atoms with Gasteiger partial charge in [-0.3, -0.25) is 0 Å². The van der Waals surface area contributed by atoms with E-state index in [1.807, 2.05) is 24.3 Å². The van der Waals surface area contributed by atoms with Crippen LogP contribution in [-0.4, -0.2) is 29.6 Å². The molecule has 0 saturated carbocycles. The van der Waals surface area contributed by atoms with E-state index < -0.39 is 0 Å². The van der Waals surface area contributed by atoms with Gasteiger partial charge in [0.2, 0.25) is 0 Å². The minimum absolute atomic E-state index is 0.365. The molecule has 3 heteroatoms. The Labute approximate surface area is 124 Å². The predicted molar refractivity (Wildman–Crippen MR) is 83.2 cm³/mol. The van der Waals surface area contributed by atoms with Crippen molar-refractivity contribution in [1.29, 1.82) is 0 Å². The van der Waals surface area contributed by atoms with Crippen molar-refractivity contribution in [1.82, 2.24) is 4.90 Å². The first-order valence-electron chi connectivity index (χ1n) is 7.31. The summed E-state index contributed by atoms with van der Waals surface area (Å²) in [6, 6.07) is 7.96. The second kappa shape index (κ2) is 7.41. The lowest BCUT2D eigenvalue weighted by Crippen LogP contribution is -2.27. The van der Waals surface area contributed by atoms with Crippen molar-refractivity contribution in [3.63, 3.8) is 0 Å². The average molecular weight is 326 g/mol. The van der Waals surface area contributed by atoms with Gasteiger partial charge in [0, 0.05) is 11.0 Å². The Morgan fingerprint density at radius 2 is 2.11 bits per heavy atom. The van der Waals surface area contributed by atoms with E-state index in [1.54, 1.807) is 0 Å². The van der Waals surface area contributed by atoms with Crippen molar-refractivity contribution >= 4 is 15.9 Å². The molecule has 1 saturated heterocycles. The van der Waals surface area contributed by atoms with Gasteiger partial charge in [-0.05, 0) is 56.3 Å². The fourth-order valence-electron chi connectivity index (χ4n) is 2.75. The van der Waals surface area contributed by atoms with Crippen LogP contribution in [0.15, 0.2) is 28.7 Å². The number of rotatable bonds is 4. The quantitative estimate of drug-likeness (QED) is 0.904. The van der Waals surface area contributed by atoms with Crippen molar-refractivity contribution in [3.8, 4) is 0 Å². The zero-order valence-corrected chi connectivity index (χ0v) is 13.3. The van der Waals surface area contributed by atoms with Crippen LogP contribution in [0, 0.1) is 5.92 Å². The lowest BCUT2D eigenvalue weighted by molar-refractivity contribution is 0.142. The Morgan fingerprint density at radius 1 is 1.32 bits per heavy atom. The summed E-state index contributed by atoms with van der Waals surface area (Å²) in [7, 11) is 0. The van der Waals surface area contributed by atoms with E-state index in [0.29, 0.717) is 0 Å². The number of hydrogen-bond acceptors (Lipinski definition) is 2. The van der Waals surface area contributed by atoms with Crippen LogP contribution in [0.4, 0.5) is 0 Å². The van der Waals surface area contributed by atoms with E-state index in [9.17, 15) is 5.11 Å². The molecule has 1 fully saturated rings. The van der Waals surface area contributed by atoms with Crippen LogP contribution >= 0.6 is 15.9 Å². The molecule has 1 aliphatic heterocycles. The summed E-state index contributed by atoms with van der Waals surface area (Å²) >= 11 is 3.51. The molecule has 0 bridgehead atoms. The Morgan fingerprint density at radius 3 is 2.89 bits per heavy atom. The SMILES string of the molecule is CC1CCCN(CCC(O)c2ccccc2Br)CC1. The first-order chi connectivity index (χ1) is 9.16. The number of benzene rings is 1. The average Bonchev–Trinajstić information content (AvgIpc) is 2.61. The second-order valence-corrected chi connectivity index (χ2v) is 6.56. The molecule has 1 aromatic rings. The highest BCUT2D eigenvalue weighted by atomic mass is 79.9. The number of nitrogens with zero attached hydrogens (tertiary/aromatic N) is 1. The predicted octanol–water partition coefficient (Wildman–Crippen LogP) is 3.99. The number of aliphatic hydroxyl groups is 1. The van der Waals surface area contributed by atoms with E-state index in [2.05, 4.69) is 27.8 Å². The van der Waals surface area contributed by atoms with Crippen molar-refractivity contribution in [2.45, 2.75) is 38.7 Å². The van der Waals surface area contributed by atoms with Gasteiger partial charge in [0.15, 0.2) is 0 Å². The number of aliphatic hydroxyl groups excluding tert-OH is 1. The third-order valence-corrected chi connectivity index (χ3v) is 4.81. The topological polar surface area (TPSA) is 23.5 Å². The molecule has 2 nitrogen and oxygen atoms in total. The second-order valence-electron chi connectivity index (χ2n) is 5.70. The van der Waals surface area contributed by atoms with Gasteiger partial charge in [-0.2, -0.15) is 0 Å². The van der Waals surface area contributed by atoms with Crippen LogP contribution in [0.25, 0.3) is 0 Å². The summed E-state index contributed by atoms with van der Waals surface area (Å²) < 4.78 is 1.01. The minimum Gasteiger partial charge on any atom is -0.388 e. The molecule has 0 amide bonds. The first kappa shape index (κ1) is 15.0. The van der Waals surface area contributed by atoms with Crippen molar-refractivity contribution in [2.24, 2.45) is 5.92 Å². The van der Waals surface area contributed by atoms with Crippen LogP contribution in [0.2, 0.25) is 0 Å². The highest BCUT2D eigenvalue weighted by Gasteiger charge is 2.16. The van der Waals surface area contributed by atoms with Crippen molar-refractivity contribution < 1.29 is 5.11 Å². The molecule has 0 spiro atoms. The van der Waals surface area contributed by atoms with Crippen LogP contribution in [0.5, 0.6) is 0 Å². The van der Waals surface area contributed by atoms with Crippen LogP contribution < -0.4 is 0 Å². The van der Waals surface area contributed by atoms with Gasteiger partial charge in [-0.15, -0.1) is 0 Å². The monoisotopic (exact) mass is 325 g/mol. The van der Waals surface area contributed by atoms with Gasteiger partial charge < -0.3 is 10.0 Å². The Bertz CT molecular complexity index is 396. The van der Waals surface area contributed by atoms with Crippen molar-refractivity contribution in [3.05, 3.63) is 34.3 Å². The highest BCUT2D eigenvalue weighted by molar-refractivity contribution is 9.10. The molecule has 19 heavy (non-hydrogen) atoms. The van der Waals surface area contributed by atoms with E-state index >= 15 is 0 Å². The van der Waals surface area contributed by atoms with Gasteiger partial charge in [0.1, 0.15) is 0 Å². The molecule has 0 radical (unpaired) electrons. The molecule has 1 aromatic carbocycles. The summed E-state index contributed by atoms with van der Waals surface area (Å²) in [4.78, 5) is 2.50. The molecule has 1 aliphatic rings. The molecule has 2 atom stereocenters. The van der Waals surface area contributed by atoms with E-state index in [4.69, 9.17) is 0 Å². The molecule has 0 aromatic heterocycles. The van der Waals surface area contributed by atoms with E-state index in [1.165, 1.54) is 32.4 Å². The van der Waals surface area contributed by atoms with Gasteiger partial charge in [-0.1, -0.05) is 41.1 Å². The largest absolute Gasteiger partial charge is 0.388 e. The Balaban J connectivity index is 1.83. The standard InChI is InChI=1S/C16H24BrNO/c1-13-5-4-10-18(11-8-13)12-9-16(19)14-6-2-3-7-15(14)17/h2-3,6-7,13,16,19H,4-5,8-12H2,1H3. The normalized spacial score (nSPS) is 23.0. The lowest BCUT2D eigenvalue weighted by atomic mass is 10.0. The fourth-order valence-corrected chi connectivity index (χ4v) is 3.30. The van der Waals surface area contributed by atoms with Crippen LogP contribution in [-0.2, 0) is 0 Å². The summed E-state index contributed by atoms with van der Waals surface area (Å²) in [5.41, 5.74) is 1.01. The molecule has 2 rings (SSSR count). The number of hydrogen-bond donors (Lipinski definition) is 1. The van der Waals surface area contributed by atoms with Crippen molar-refractivity contribution in [2.75, 3.05) is 19.6 Å². The maximum atomic E-state index is 10.3. The third-order valence-electron chi connectivity index (χ3n) is 4.09. The molecule has 106 valence electrons. The highest BCUT2D eigenvalue weighted by Crippen LogP contribution is 2.26. The summed E-state index contributed by atoms with van der Waals surface area (Å²) in [5, 5.41) is 10.3. The minimum atomic E-state index is -0.365. The molecule has 2 unspecified atom stereocenters. The van der Waals surface area contributed by atoms with Gasteiger partial charge in [0.25, 0.3) is 0 Å². The maximum Gasteiger partial charge on any atom is 0.0813 e. The Hall–Kier alpha value is -0.380. The number of likely N-dealkylation sites (tertiary alicyclic amines) is 1. The fraction of sp³-hybridized carbons (Fsp3) is 0.625. The first-order valence-corrected chi connectivity index (χ1v) is 8.11. The summed E-state index contributed by atoms with van der Waals surface area (Å²) in [5.74, 6) is 0.859. The van der Waals surface area contributed by atoms with E-state index in [0.717, 1.165) is 28.9 Å². The summed E-state index contributed by atoms with van der Waals surface area (Å²) in [6.07, 6.45) is 4.40. The lowest BCUT2D eigenvalue weighted by Gasteiger charge is -2.22. The Kier molecular flexibility index (Phi) is 5.86. The molecular formula is C16H24BrNO. The van der Waals surface area contributed by atoms with Crippen LogP contribution in [0.3, 0.4) is 0 Å². The van der Waals surface area contributed by atoms with E-state index in [-0.39, 0.29) is 6.10 Å². The molecule has 0 aliphatic carbocycles. The van der Waals surface area contributed by atoms with Crippen LogP contribution in [0.1, 0.15) is 44.3 Å². The summed E-state index contributed by atoms with van der Waals surface area (Å²) in [6.45, 7) is 5.71. The van der Waals surface area contributed by atoms with Gasteiger partial charge in [0.05, 0.1) is 6.10 Å².